The van der Waals surface area contributed by atoms with Crippen molar-refractivity contribution >= 4 is 11.8 Å². The quantitative estimate of drug-likeness (QED) is 0.666. The Kier molecular flexibility index (Phi) is 6.80. The highest BCUT2D eigenvalue weighted by Gasteiger charge is 2.25. The summed E-state index contributed by atoms with van der Waals surface area (Å²) in [4.78, 5) is 27.5. The van der Waals surface area contributed by atoms with E-state index in [9.17, 15) is 9.59 Å². The molecule has 0 aromatic carbocycles. The van der Waals surface area contributed by atoms with E-state index in [0.717, 1.165) is 19.5 Å². The molecule has 1 atom stereocenters. The van der Waals surface area contributed by atoms with Crippen LogP contribution in [-0.2, 0) is 9.59 Å². The first-order chi connectivity index (χ1) is 9.08. The molecule has 0 radical (unpaired) electrons. The molecule has 110 valence electrons. The molecule has 0 aromatic heterocycles. The number of nitrogens with one attached hydrogen (secondary N) is 1. The molecule has 0 spiro atoms. The van der Waals surface area contributed by atoms with Gasteiger partial charge in [0.25, 0.3) is 0 Å². The van der Waals surface area contributed by atoms with Crippen LogP contribution in [0.3, 0.4) is 0 Å². The molecule has 1 aliphatic heterocycles. The van der Waals surface area contributed by atoms with E-state index in [2.05, 4.69) is 10.2 Å². The lowest BCUT2D eigenvalue weighted by atomic mass is 10.1. The fourth-order valence-electron chi connectivity index (χ4n) is 2.27. The van der Waals surface area contributed by atoms with Gasteiger partial charge in [0.1, 0.15) is 0 Å². The van der Waals surface area contributed by atoms with Crippen LogP contribution < -0.4 is 11.1 Å². The van der Waals surface area contributed by atoms with Gasteiger partial charge in [-0.2, -0.15) is 0 Å². The lowest BCUT2D eigenvalue weighted by molar-refractivity contribution is -0.137. The lowest BCUT2D eigenvalue weighted by Gasteiger charge is -2.35. The van der Waals surface area contributed by atoms with Crippen LogP contribution in [0.25, 0.3) is 0 Å². The summed E-state index contributed by atoms with van der Waals surface area (Å²) in [5, 5.41) is 2.79. The number of carbonyl (C=O) groups excluding carboxylic acids is 2. The summed E-state index contributed by atoms with van der Waals surface area (Å²) in [7, 11) is 0. The summed E-state index contributed by atoms with van der Waals surface area (Å²) in [6, 6.07) is 0. The van der Waals surface area contributed by atoms with Gasteiger partial charge in [0.2, 0.25) is 11.8 Å². The Balaban J connectivity index is 2.32. The van der Waals surface area contributed by atoms with Crippen molar-refractivity contribution in [2.45, 2.75) is 20.3 Å². The van der Waals surface area contributed by atoms with E-state index in [1.165, 1.54) is 0 Å². The zero-order valence-electron chi connectivity index (χ0n) is 12.0. The molecule has 1 aliphatic rings. The predicted molar refractivity (Wildman–Crippen MR) is 74.5 cm³/mol. The standard InChI is InChI=1S/C13H26N4O2/c1-3-15-12(18)10-16-6-8-17(9-7-16)13(19)11(2)4-5-14/h11H,3-10,14H2,1-2H3,(H,15,18). The molecule has 1 heterocycles. The second-order valence-corrected chi connectivity index (χ2v) is 5.03. The van der Waals surface area contributed by atoms with E-state index in [1.807, 2.05) is 18.7 Å². The summed E-state index contributed by atoms with van der Waals surface area (Å²) in [5.41, 5.74) is 5.48. The van der Waals surface area contributed by atoms with Crippen LogP contribution in [0.2, 0.25) is 0 Å². The number of nitrogens with zero attached hydrogens (tertiary/aromatic N) is 2. The Labute approximate surface area is 115 Å². The summed E-state index contributed by atoms with van der Waals surface area (Å²) in [5.74, 6) is 0.238. The average Bonchev–Trinajstić information content (AvgIpc) is 2.39. The summed E-state index contributed by atoms with van der Waals surface area (Å²) < 4.78 is 0. The third-order valence-electron chi connectivity index (χ3n) is 3.45. The van der Waals surface area contributed by atoms with E-state index in [-0.39, 0.29) is 17.7 Å². The smallest absolute Gasteiger partial charge is 0.234 e. The zero-order valence-corrected chi connectivity index (χ0v) is 12.0. The van der Waals surface area contributed by atoms with E-state index in [1.54, 1.807) is 0 Å². The Morgan fingerprint density at radius 2 is 1.89 bits per heavy atom. The SMILES string of the molecule is CCNC(=O)CN1CCN(C(=O)C(C)CCN)CC1. The number of nitrogens with two attached hydrogens (primary N) is 1. The summed E-state index contributed by atoms with van der Waals surface area (Å²) in [6.45, 7) is 8.40. The molecule has 1 rings (SSSR count). The van der Waals surface area contributed by atoms with Crippen LogP contribution in [0, 0.1) is 5.92 Å². The minimum Gasteiger partial charge on any atom is -0.355 e. The van der Waals surface area contributed by atoms with E-state index >= 15 is 0 Å². The van der Waals surface area contributed by atoms with Crippen LogP contribution in [0.1, 0.15) is 20.3 Å². The van der Waals surface area contributed by atoms with Gasteiger partial charge in [-0.3, -0.25) is 14.5 Å². The summed E-state index contributed by atoms with van der Waals surface area (Å²) >= 11 is 0. The van der Waals surface area contributed by atoms with Crippen LogP contribution in [-0.4, -0.2) is 67.4 Å². The lowest BCUT2D eigenvalue weighted by Crippen LogP contribution is -2.52. The Morgan fingerprint density at radius 3 is 2.42 bits per heavy atom. The van der Waals surface area contributed by atoms with Gasteiger partial charge in [-0.15, -0.1) is 0 Å². The van der Waals surface area contributed by atoms with E-state index < -0.39 is 0 Å². The van der Waals surface area contributed by atoms with E-state index in [0.29, 0.717) is 32.7 Å². The first kappa shape index (κ1) is 15.9. The molecular weight excluding hydrogens is 244 g/mol. The second-order valence-electron chi connectivity index (χ2n) is 5.03. The average molecular weight is 270 g/mol. The molecule has 6 nitrogen and oxygen atoms in total. The molecule has 0 aromatic rings. The van der Waals surface area contributed by atoms with Gasteiger partial charge in [-0.1, -0.05) is 6.92 Å². The first-order valence-corrected chi connectivity index (χ1v) is 7.06. The van der Waals surface area contributed by atoms with Gasteiger partial charge in [0.15, 0.2) is 0 Å². The molecule has 2 amide bonds. The molecule has 6 heteroatoms. The predicted octanol–water partition coefficient (Wildman–Crippen LogP) is -0.748. The highest BCUT2D eigenvalue weighted by molar-refractivity contribution is 5.79. The minimum atomic E-state index is -0.0000555. The van der Waals surface area contributed by atoms with Crippen molar-refractivity contribution in [3.05, 3.63) is 0 Å². The fourth-order valence-corrected chi connectivity index (χ4v) is 2.27. The fraction of sp³-hybridized carbons (Fsp3) is 0.846. The van der Waals surface area contributed by atoms with Crippen molar-refractivity contribution in [2.75, 3.05) is 45.8 Å². The Hall–Kier alpha value is -1.14. The number of hydrogen-bond acceptors (Lipinski definition) is 4. The number of carbonyl (C=O) groups is 2. The number of rotatable bonds is 6. The topological polar surface area (TPSA) is 78.7 Å². The van der Waals surface area contributed by atoms with Crippen molar-refractivity contribution in [3.8, 4) is 0 Å². The van der Waals surface area contributed by atoms with Gasteiger partial charge in [-0.25, -0.2) is 0 Å². The summed E-state index contributed by atoms with van der Waals surface area (Å²) in [6.07, 6.45) is 0.734. The minimum absolute atomic E-state index is 0.0000555. The maximum absolute atomic E-state index is 12.1. The van der Waals surface area contributed by atoms with Crippen LogP contribution in [0.4, 0.5) is 0 Å². The first-order valence-electron chi connectivity index (χ1n) is 7.06. The van der Waals surface area contributed by atoms with Crippen LogP contribution >= 0.6 is 0 Å². The highest BCUT2D eigenvalue weighted by Crippen LogP contribution is 2.09. The van der Waals surface area contributed by atoms with Gasteiger partial charge < -0.3 is 16.0 Å². The molecule has 1 fully saturated rings. The Morgan fingerprint density at radius 1 is 1.26 bits per heavy atom. The number of piperazine rings is 1. The van der Waals surface area contributed by atoms with Crippen molar-refractivity contribution < 1.29 is 9.59 Å². The molecule has 0 bridgehead atoms. The van der Waals surface area contributed by atoms with Crippen molar-refractivity contribution in [1.82, 2.24) is 15.1 Å². The third kappa shape index (κ3) is 5.16. The third-order valence-corrected chi connectivity index (χ3v) is 3.45. The van der Waals surface area contributed by atoms with Crippen LogP contribution in [0.15, 0.2) is 0 Å². The zero-order chi connectivity index (χ0) is 14.3. The monoisotopic (exact) mass is 270 g/mol. The van der Waals surface area contributed by atoms with Crippen molar-refractivity contribution in [3.63, 3.8) is 0 Å². The maximum atomic E-state index is 12.1. The second kappa shape index (κ2) is 8.12. The van der Waals surface area contributed by atoms with Gasteiger partial charge in [0, 0.05) is 38.6 Å². The molecule has 1 saturated heterocycles. The number of amides is 2. The van der Waals surface area contributed by atoms with Gasteiger partial charge in [0.05, 0.1) is 6.54 Å². The maximum Gasteiger partial charge on any atom is 0.234 e. The van der Waals surface area contributed by atoms with Crippen molar-refractivity contribution in [2.24, 2.45) is 11.7 Å². The molecule has 0 aliphatic carbocycles. The van der Waals surface area contributed by atoms with Gasteiger partial charge in [-0.05, 0) is 19.9 Å². The van der Waals surface area contributed by atoms with E-state index in [4.69, 9.17) is 5.73 Å². The molecular formula is C13H26N4O2. The Bertz CT molecular complexity index is 301. The number of likely N-dealkylation sites (N-methyl/N-ethyl adjacent to an activating group) is 1. The molecule has 19 heavy (non-hydrogen) atoms. The largest absolute Gasteiger partial charge is 0.355 e. The number of hydrogen-bond donors (Lipinski definition) is 2. The van der Waals surface area contributed by atoms with Crippen molar-refractivity contribution in [1.29, 1.82) is 0 Å². The molecule has 1 unspecified atom stereocenters. The van der Waals surface area contributed by atoms with Gasteiger partial charge >= 0.3 is 0 Å². The molecule has 0 saturated carbocycles. The highest BCUT2D eigenvalue weighted by atomic mass is 16.2. The molecule has 3 N–H and O–H groups in total. The van der Waals surface area contributed by atoms with Crippen LogP contribution in [0.5, 0.6) is 0 Å². The normalized spacial score (nSPS) is 18.2.